The van der Waals surface area contributed by atoms with Gasteiger partial charge < -0.3 is 0 Å². The standard InChI is InChI=1S/C11H17BrO/c1-4-10(2)7-5-6-11(10,3)9(13)8(7)12/h7-8H,4-6H2,1-3H3. The third kappa shape index (κ3) is 0.860. The number of hydrogen-bond donors (Lipinski definition) is 0. The molecule has 2 aliphatic carbocycles. The van der Waals surface area contributed by atoms with Crippen LogP contribution >= 0.6 is 15.9 Å². The van der Waals surface area contributed by atoms with Crippen LogP contribution in [0.3, 0.4) is 0 Å². The highest BCUT2D eigenvalue weighted by molar-refractivity contribution is 9.10. The number of alkyl halides is 1. The fourth-order valence-electron chi connectivity index (χ4n) is 3.47. The van der Waals surface area contributed by atoms with Crippen molar-refractivity contribution in [1.29, 1.82) is 0 Å². The normalized spacial score (nSPS) is 54.6. The molecule has 0 aromatic rings. The molecule has 74 valence electrons. The number of fused-ring (bicyclic) bond motifs is 2. The van der Waals surface area contributed by atoms with E-state index in [-0.39, 0.29) is 15.7 Å². The molecule has 2 saturated carbocycles. The van der Waals surface area contributed by atoms with E-state index in [0.717, 1.165) is 12.8 Å². The van der Waals surface area contributed by atoms with Gasteiger partial charge in [-0.3, -0.25) is 4.79 Å². The van der Waals surface area contributed by atoms with Crippen LogP contribution in [0.5, 0.6) is 0 Å². The first kappa shape index (κ1) is 9.70. The fraction of sp³-hybridized carbons (Fsp3) is 0.909. The summed E-state index contributed by atoms with van der Waals surface area (Å²) in [6.45, 7) is 6.68. The van der Waals surface area contributed by atoms with Gasteiger partial charge in [0, 0.05) is 5.41 Å². The molecule has 0 aromatic heterocycles. The molecule has 0 saturated heterocycles. The summed E-state index contributed by atoms with van der Waals surface area (Å²) in [6, 6.07) is 0. The van der Waals surface area contributed by atoms with Crippen molar-refractivity contribution < 1.29 is 4.79 Å². The highest BCUT2D eigenvalue weighted by atomic mass is 79.9. The monoisotopic (exact) mass is 244 g/mol. The van der Waals surface area contributed by atoms with Crippen LogP contribution in [0.4, 0.5) is 0 Å². The molecule has 0 aliphatic heterocycles. The number of halogens is 1. The Morgan fingerprint density at radius 2 is 2.15 bits per heavy atom. The van der Waals surface area contributed by atoms with E-state index in [2.05, 4.69) is 36.7 Å². The lowest BCUT2D eigenvalue weighted by Crippen LogP contribution is -2.35. The number of carbonyl (C=O) groups is 1. The smallest absolute Gasteiger partial charge is 0.153 e. The number of hydrogen-bond acceptors (Lipinski definition) is 1. The predicted molar refractivity (Wildman–Crippen MR) is 57.0 cm³/mol. The van der Waals surface area contributed by atoms with Gasteiger partial charge in [0.15, 0.2) is 5.78 Å². The highest BCUT2D eigenvalue weighted by Gasteiger charge is 2.66. The van der Waals surface area contributed by atoms with Gasteiger partial charge in [-0.05, 0) is 30.6 Å². The van der Waals surface area contributed by atoms with Crippen molar-refractivity contribution in [3.05, 3.63) is 0 Å². The molecular formula is C11H17BrO. The second-order valence-electron chi connectivity index (χ2n) is 5.01. The number of rotatable bonds is 1. The van der Waals surface area contributed by atoms with Gasteiger partial charge in [0.05, 0.1) is 4.83 Å². The van der Waals surface area contributed by atoms with E-state index in [1.165, 1.54) is 6.42 Å². The lowest BCUT2D eigenvalue weighted by Gasteiger charge is -2.35. The van der Waals surface area contributed by atoms with Crippen molar-refractivity contribution in [3.8, 4) is 0 Å². The van der Waals surface area contributed by atoms with Crippen molar-refractivity contribution in [2.45, 2.75) is 44.9 Å². The summed E-state index contributed by atoms with van der Waals surface area (Å²) < 4.78 is 0. The third-order valence-corrected chi connectivity index (χ3v) is 5.97. The van der Waals surface area contributed by atoms with E-state index in [4.69, 9.17) is 0 Å². The van der Waals surface area contributed by atoms with Crippen LogP contribution in [-0.4, -0.2) is 10.6 Å². The SMILES string of the molecule is CCC1(C)C2CCC1(C)C(=O)C2Br. The van der Waals surface area contributed by atoms with Gasteiger partial charge in [0.25, 0.3) is 0 Å². The van der Waals surface area contributed by atoms with E-state index in [9.17, 15) is 4.79 Å². The Balaban J connectivity index is 2.49. The minimum atomic E-state index is -0.0411. The van der Waals surface area contributed by atoms with Gasteiger partial charge >= 0.3 is 0 Å². The minimum absolute atomic E-state index is 0.0411. The first-order chi connectivity index (χ1) is 5.97. The first-order valence-electron chi connectivity index (χ1n) is 5.16. The van der Waals surface area contributed by atoms with Crippen molar-refractivity contribution >= 4 is 21.7 Å². The summed E-state index contributed by atoms with van der Waals surface area (Å²) in [7, 11) is 0. The molecule has 0 amide bonds. The van der Waals surface area contributed by atoms with Gasteiger partial charge in [-0.25, -0.2) is 0 Å². The van der Waals surface area contributed by atoms with Crippen molar-refractivity contribution in [1.82, 2.24) is 0 Å². The quantitative estimate of drug-likeness (QED) is 0.648. The van der Waals surface area contributed by atoms with Gasteiger partial charge in [-0.1, -0.05) is 36.7 Å². The molecule has 2 rings (SSSR count). The molecule has 2 fully saturated rings. The topological polar surface area (TPSA) is 17.1 Å². The van der Waals surface area contributed by atoms with E-state index < -0.39 is 0 Å². The van der Waals surface area contributed by atoms with Gasteiger partial charge in [0.1, 0.15) is 0 Å². The first-order valence-corrected chi connectivity index (χ1v) is 6.07. The molecule has 4 atom stereocenters. The van der Waals surface area contributed by atoms with Gasteiger partial charge in [-0.2, -0.15) is 0 Å². The Bertz CT molecular complexity index is 263. The molecule has 0 aromatic carbocycles. The van der Waals surface area contributed by atoms with Crippen molar-refractivity contribution in [2.75, 3.05) is 0 Å². The van der Waals surface area contributed by atoms with Crippen molar-refractivity contribution in [3.63, 3.8) is 0 Å². The zero-order valence-corrected chi connectivity index (χ0v) is 10.1. The molecule has 0 spiro atoms. The van der Waals surface area contributed by atoms with Crippen LogP contribution in [0.15, 0.2) is 0 Å². The molecule has 0 radical (unpaired) electrons. The molecule has 4 unspecified atom stereocenters. The maximum absolute atomic E-state index is 12.0. The van der Waals surface area contributed by atoms with E-state index in [1.807, 2.05) is 0 Å². The molecule has 1 nitrogen and oxygen atoms in total. The van der Waals surface area contributed by atoms with Crippen LogP contribution in [0.2, 0.25) is 0 Å². The van der Waals surface area contributed by atoms with Crippen LogP contribution in [0.25, 0.3) is 0 Å². The number of Topliss-reactive ketones (excluding diaryl/α,β-unsaturated/α-hetero) is 1. The minimum Gasteiger partial charge on any atom is -0.298 e. The Hall–Kier alpha value is 0.150. The number of ketones is 1. The average Bonchev–Trinajstić information content (AvgIpc) is 2.44. The Morgan fingerprint density at radius 1 is 1.54 bits per heavy atom. The molecule has 0 heterocycles. The van der Waals surface area contributed by atoms with Crippen LogP contribution in [0, 0.1) is 16.7 Å². The summed E-state index contributed by atoms with van der Waals surface area (Å²) >= 11 is 3.56. The van der Waals surface area contributed by atoms with Crippen LogP contribution in [0.1, 0.15) is 40.0 Å². The van der Waals surface area contributed by atoms with Gasteiger partial charge in [-0.15, -0.1) is 0 Å². The second kappa shape index (κ2) is 2.59. The predicted octanol–water partition coefficient (Wildman–Crippen LogP) is 3.17. The third-order valence-electron chi connectivity index (χ3n) is 4.92. The maximum atomic E-state index is 12.0. The highest BCUT2D eigenvalue weighted by Crippen LogP contribution is 2.66. The Morgan fingerprint density at radius 3 is 2.46 bits per heavy atom. The fourth-order valence-corrected chi connectivity index (χ4v) is 4.82. The molecule has 2 heteroatoms. The lowest BCUT2D eigenvalue weighted by molar-refractivity contribution is -0.128. The Kier molecular flexibility index (Phi) is 1.93. The Labute approximate surface area is 88.4 Å². The summed E-state index contributed by atoms with van der Waals surface area (Å²) in [5.41, 5.74) is 0.207. The molecule has 2 aliphatic rings. The summed E-state index contributed by atoms with van der Waals surface area (Å²) in [5.74, 6) is 1.03. The molecule has 2 bridgehead atoms. The molecule has 13 heavy (non-hydrogen) atoms. The maximum Gasteiger partial charge on any atom is 0.153 e. The lowest BCUT2D eigenvalue weighted by atomic mass is 9.67. The zero-order chi connectivity index (χ0) is 9.85. The summed E-state index contributed by atoms with van der Waals surface area (Å²) in [6.07, 6.45) is 3.45. The van der Waals surface area contributed by atoms with E-state index in [1.54, 1.807) is 0 Å². The van der Waals surface area contributed by atoms with E-state index >= 15 is 0 Å². The molecule has 0 N–H and O–H groups in total. The van der Waals surface area contributed by atoms with Crippen LogP contribution < -0.4 is 0 Å². The van der Waals surface area contributed by atoms with Crippen LogP contribution in [-0.2, 0) is 4.79 Å². The largest absolute Gasteiger partial charge is 0.298 e. The molecular weight excluding hydrogens is 228 g/mol. The van der Waals surface area contributed by atoms with Crippen molar-refractivity contribution in [2.24, 2.45) is 16.7 Å². The number of carbonyl (C=O) groups excluding carboxylic acids is 1. The average molecular weight is 245 g/mol. The zero-order valence-electron chi connectivity index (χ0n) is 8.56. The van der Waals surface area contributed by atoms with E-state index in [0.29, 0.717) is 11.7 Å². The second-order valence-corrected chi connectivity index (χ2v) is 6.00. The van der Waals surface area contributed by atoms with Gasteiger partial charge in [0.2, 0.25) is 0 Å². The summed E-state index contributed by atoms with van der Waals surface area (Å²) in [4.78, 5) is 12.2. The summed E-state index contributed by atoms with van der Waals surface area (Å²) in [5, 5.41) is 0.